The maximum Gasteiger partial charge on any atom is 0.416 e. The van der Waals surface area contributed by atoms with Crippen LogP contribution in [0.1, 0.15) is 38.2 Å². The normalized spacial score (nSPS) is 19.8. The lowest BCUT2D eigenvalue weighted by Gasteiger charge is -2.26. The van der Waals surface area contributed by atoms with Crippen molar-refractivity contribution >= 4 is 10.0 Å². The number of ether oxygens (including phenoxy) is 1. The average Bonchev–Trinajstić information content (AvgIpc) is 2.75. The molecule has 1 N–H and O–H groups in total. The Morgan fingerprint density at radius 3 is 2.35 bits per heavy atom. The van der Waals surface area contributed by atoms with Crippen molar-refractivity contribution in [2.24, 2.45) is 11.8 Å². The molecule has 1 aliphatic rings. The van der Waals surface area contributed by atoms with Crippen LogP contribution in [0.3, 0.4) is 0 Å². The summed E-state index contributed by atoms with van der Waals surface area (Å²) in [6, 6.07) is 3.55. The zero-order valence-corrected chi connectivity index (χ0v) is 18.9. The number of alkyl halides is 3. The molecule has 0 saturated heterocycles. The predicted molar refractivity (Wildman–Crippen MR) is 114 cm³/mol. The van der Waals surface area contributed by atoms with Gasteiger partial charge in [-0.3, -0.25) is 4.90 Å². The standard InChI is InChI=1S/C22H31F3N2O3S/c1-3-27(15-16-30-2)14-4-5-18-6-8-19(9-7-18)17-26-31(28,29)21-12-10-20(11-13-21)22(23,24)25/h10-13,18-19,26H,3,6-9,14-17H2,1-2H3. The summed E-state index contributed by atoms with van der Waals surface area (Å²) < 4.78 is 70.3. The summed E-state index contributed by atoms with van der Waals surface area (Å²) in [7, 11) is -2.15. The van der Waals surface area contributed by atoms with Crippen molar-refractivity contribution in [3.05, 3.63) is 29.8 Å². The van der Waals surface area contributed by atoms with Crippen molar-refractivity contribution in [1.29, 1.82) is 0 Å². The molecule has 31 heavy (non-hydrogen) atoms. The highest BCUT2D eigenvalue weighted by Gasteiger charge is 2.30. The lowest BCUT2D eigenvalue weighted by Crippen LogP contribution is -2.31. The van der Waals surface area contributed by atoms with Gasteiger partial charge in [0.15, 0.2) is 0 Å². The fourth-order valence-corrected chi connectivity index (χ4v) is 4.63. The molecule has 0 atom stereocenters. The second-order valence-corrected chi connectivity index (χ2v) is 9.54. The molecule has 5 nitrogen and oxygen atoms in total. The van der Waals surface area contributed by atoms with E-state index in [0.717, 1.165) is 63.0 Å². The molecule has 1 fully saturated rings. The SMILES string of the molecule is CCN(CC#CC1CCC(CNS(=O)(=O)c2ccc(C(F)(F)F)cc2)CC1)CCOC. The van der Waals surface area contributed by atoms with Crippen LogP contribution < -0.4 is 4.72 Å². The van der Waals surface area contributed by atoms with Gasteiger partial charge in [-0.2, -0.15) is 13.2 Å². The van der Waals surface area contributed by atoms with E-state index in [1.54, 1.807) is 7.11 Å². The van der Waals surface area contributed by atoms with Crippen molar-refractivity contribution in [2.75, 3.05) is 39.9 Å². The Morgan fingerprint density at radius 2 is 1.81 bits per heavy atom. The van der Waals surface area contributed by atoms with Gasteiger partial charge in [0.25, 0.3) is 0 Å². The molecule has 0 spiro atoms. The number of hydrogen-bond acceptors (Lipinski definition) is 4. The highest BCUT2D eigenvalue weighted by molar-refractivity contribution is 7.89. The van der Waals surface area contributed by atoms with Crippen LogP contribution in [0.4, 0.5) is 13.2 Å². The number of rotatable bonds is 9. The van der Waals surface area contributed by atoms with Crippen LogP contribution in [0, 0.1) is 23.7 Å². The molecule has 1 aromatic rings. The van der Waals surface area contributed by atoms with Crippen LogP contribution in [-0.2, 0) is 20.9 Å². The van der Waals surface area contributed by atoms with Crippen LogP contribution in [0.15, 0.2) is 29.2 Å². The van der Waals surface area contributed by atoms with Gasteiger partial charge in [-0.05, 0) is 62.4 Å². The molecule has 0 heterocycles. The molecule has 0 bridgehead atoms. The Morgan fingerprint density at radius 1 is 1.16 bits per heavy atom. The van der Waals surface area contributed by atoms with E-state index in [4.69, 9.17) is 4.74 Å². The summed E-state index contributed by atoms with van der Waals surface area (Å²) >= 11 is 0. The van der Waals surface area contributed by atoms with Crippen molar-refractivity contribution in [2.45, 2.75) is 43.7 Å². The van der Waals surface area contributed by atoms with Gasteiger partial charge in [-0.15, -0.1) is 0 Å². The monoisotopic (exact) mass is 460 g/mol. The van der Waals surface area contributed by atoms with Crippen LogP contribution in [0.5, 0.6) is 0 Å². The molecule has 0 radical (unpaired) electrons. The molecular weight excluding hydrogens is 429 g/mol. The minimum Gasteiger partial charge on any atom is -0.383 e. The number of halogens is 3. The largest absolute Gasteiger partial charge is 0.416 e. The summed E-state index contributed by atoms with van der Waals surface area (Å²) in [5.41, 5.74) is -0.869. The van der Waals surface area contributed by atoms with Crippen molar-refractivity contribution < 1.29 is 26.3 Å². The Labute approximate surface area is 183 Å². The molecule has 0 aromatic heterocycles. The highest BCUT2D eigenvalue weighted by Crippen LogP contribution is 2.30. The highest BCUT2D eigenvalue weighted by atomic mass is 32.2. The van der Waals surface area contributed by atoms with Gasteiger partial charge in [0, 0.05) is 26.1 Å². The minimum absolute atomic E-state index is 0.158. The third-order valence-corrected chi connectivity index (χ3v) is 7.01. The summed E-state index contributed by atoms with van der Waals surface area (Å²) in [6.45, 7) is 5.55. The number of nitrogens with zero attached hydrogens (tertiary/aromatic N) is 1. The second-order valence-electron chi connectivity index (χ2n) is 7.77. The molecule has 0 amide bonds. The van der Waals surface area contributed by atoms with Gasteiger partial charge in [0.2, 0.25) is 10.0 Å². The molecule has 1 aliphatic carbocycles. The minimum atomic E-state index is -4.49. The Bertz CT molecular complexity index is 837. The van der Waals surface area contributed by atoms with E-state index in [0.29, 0.717) is 19.1 Å². The smallest absolute Gasteiger partial charge is 0.383 e. The summed E-state index contributed by atoms with van der Waals surface area (Å²) in [4.78, 5) is 2.06. The van der Waals surface area contributed by atoms with Crippen LogP contribution in [-0.4, -0.2) is 53.2 Å². The lowest BCUT2D eigenvalue weighted by molar-refractivity contribution is -0.137. The van der Waals surface area contributed by atoms with E-state index in [-0.39, 0.29) is 17.4 Å². The molecule has 1 saturated carbocycles. The number of nitrogens with one attached hydrogen (secondary N) is 1. The van der Waals surface area contributed by atoms with E-state index >= 15 is 0 Å². The molecule has 2 rings (SSSR count). The van der Waals surface area contributed by atoms with Gasteiger partial charge in [0.1, 0.15) is 0 Å². The van der Waals surface area contributed by atoms with Crippen molar-refractivity contribution in [3.63, 3.8) is 0 Å². The van der Waals surface area contributed by atoms with E-state index in [9.17, 15) is 21.6 Å². The third kappa shape index (κ3) is 8.45. The molecule has 0 unspecified atom stereocenters. The molecule has 0 aliphatic heterocycles. The number of sulfonamides is 1. The van der Waals surface area contributed by atoms with Gasteiger partial charge in [0.05, 0.1) is 23.6 Å². The number of likely N-dealkylation sites (N-methyl/N-ethyl adjacent to an activating group) is 1. The average molecular weight is 461 g/mol. The maximum absolute atomic E-state index is 12.6. The Hall–Kier alpha value is -1.60. The molecule has 1 aromatic carbocycles. The quantitative estimate of drug-likeness (QED) is 0.570. The Kier molecular flexibility index (Phi) is 9.82. The predicted octanol–water partition coefficient (Wildman–Crippen LogP) is 3.76. The van der Waals surface area contributed by atoms with E-state index in [1.807, 2.05) is 0 Å². The van der Waals surface area contributed by atoms with Gasteiger partial charge in [-0.25, -0.2) is 13.1 Å². The summed E-state index contributed by atoms with van der Waals surface area (Å²) in [6.07, 6.45) is -0.907. The zero-order valence-electron chi connectivity index (χ0n) is 18.0. The van der Waals surface area contributed by atoms with Gasteiger partial charge < -0.3 is 4.74 Å². The second kappa shape index (κ2) is 11.9. The lowest BCUT2D eigenvalue weighted by atomic mass is 9.82. The fraction of sp³-hybridized carbons (Fsp3) is 0.636. The van der Waals surface area contributed by atoms with E-state index in [1.165, 1.54) is 0 Å². The van der Waals surface area contributed by atoms with E-state index < -0.39 is 21.8 Å². The van der Waals surface area contributed by atoms with Crippen LogP contribution in [0.2, 0.25) is 0 Å². The number of benzene rings is 1. The Balaban J connectivity index is 1.78. The first-order valence-corrected chi connectivity index (χ1v) is 12.0. The molecule has 9 heteroatoms. The topological polar surface area (TPSA) is 58.6 Å². The van der Waals surface area contributed by atoms with Gasteiger partial charge >= 0.3 is 6.18 Å². The van der Waals surface area contributed by atoms with Crippen LogP contribution >= 0.6 is 0 Å². The van der Waals surface area contributed by atoms with Crippen molar-refractivity contribution in [3.8, 4) is 11.8 Å². The maximum atomic E-state index is 12.6. The van der Waals surface area contributed by atoms with Gasteiger partial charge in [-0.1, -0.05) is 18.8 Å². The van der Waals surface area contributed by atoms with E-state index in [2.05, 4.69) is 28.4 Å². The molecular formula is C22H31F3N2O3S. The third-order valence-electron chi connectivity index (χ3n) is 5.57. The van der Waals surface area contributed by atoms with Crippen molar-refractivity contribution in [1.82, 2.24) is 9.62 Å². The fourth-order valence-electron chi connectivity index (χ4n) is 3.52. The number of methoxy groups -OCH3 is 1. The van der Waals surface area contributed by atoms with Crippen LogP contribution in [0.25, 0.3) is 0 Å². The zero-order chi connectivity index (χ0) is 22.9. The first-order chi connectivity index (χ1) is 14.7. The first-order valence-electron chi connectivity index (χ1n) is 10.5. The first kappa shape index (κ1) is 25.7. The molecule has 174 valence electrons. The summed E-state index contributed by atoms with van der Waals surface area (Å²) in [5.74, 6) is 7.12. The number of hydrogen-bond donors (Lipinski definition) is 1. The summed E-state index contributed by atoms with van der Waals surface area (Å²) in [5, 5.41) is 0.